The van der Waals surface area contributed by atoms with Crippen molar-refractivity contribution >= 4 is 5.97 Å². The molecule has 0 radical (unpaired) electrons. The largest absolute Gasteiger partial charge is 0.480 e. The molecule has 2 saturated carbocycles. The highest BCUT2D eigenvalue weighted by Crippen LogP contribution is 2.44. The summed E-state index contributed by atoms with van der Waals surface area (Å²) in [6, 6.07) is 0.414. The number of hydrogen-bond acceptors (Lipinski definition) is 2. The van der Waals surface area contributed by atoms with Crippen molar-refractivity contribution in [1.82, 2.24) is 5.32 Å². The number of aliphatic carboxylic acids is 1. The van der Waals surface area contributed by atoms with Crippen molar-refractivity contribution in [2.24, 2.45) is 11.8 Å². The highest BCUT2D eigenvalue weighted by atomic mass is 16.4. The molecule has 104 valence electrons. The van der Waals surface area contributed by atoms with E-state index < -0.39 is 11.5 Å². The summed E-state index contributed by atoms with van der Waals surface area (Å²) in [5, 5.41) is 12.9. The molecule has 0 aromatic carbocycles. The molecule has 2 fully saturated rings. The minimum absolute atomic E-state index is 0.414. The van der Waals surface area contributed by atoms with Gasteiger partial charge in [-0.1, -0.05) is 26.2 Å². The number of rotatable bonds is 6. The SMILES string of the molecule is CCCC(C)(NC1CCCC(C2CC2)C1)C(=O)O. The van der Waals surface area contributed by atoms with Crippen molar-refractivity contribution in [2.45, 2.75) is 76.8 Å². The molecule has 0 aromatic rings. The summed E-state index contributed by atoms with van der Waals surface area (Å²) in [4.78, 5) is 11.5. The maximum atomic E-state index is 11.5. The van der Waals surface area contributed by atoms with Crippen molar-refractivity contribution in [3.05, 3.63) is 0 Å². The third-order valence-corrected chi connectivity index (χ3v) is 4.75. The first-order valence-corrected chi connectivity index (χ1v) is 7.56. The summed E-state index contributed by atoms with van der Waals surface area (Å²) in [6.07, 6.45) is 9.40. The summed E-state index contributed by atoms with van der Waals surface area (Å²) in [6.45, 7) is 3.90. The van der Waals surface area contributed by atoms with E-state index >= 15 is 0 Å². The highest BCUT2D eigenvalue weighted by molar-refractivity contribution is 5.78. The molecule has 0 amide bonds. The van der Waals surface area contributed by atoms with Crippen LogP contribution in [0.15, 0.2) is 0 Å². The van der Waals surface area contributed by atoms with Crippen LogP contribution in [0.4, 0.5) is 0 Å². The molecular weight excluding hydrogens is 226 g/mol. The Balaban J connectivity index is 1.91. The van der Waals surface area contributed by atoms with Gasteiger partial charge in [0.15, 0.2) is 0 Å². The molecule has 0 heterocycles. The summed E-state index contributed by atoms with van der Waals surface area (Å²) in [7, 11) is 0. The summed E-state index contributed by atoms with van der Waals surface area (Å²) >= 11 is 0. The fourth-order valence-corrected chi connectivity index (χ4v) is 3.55. The van der Waals surface area contributed by atoms with Crippen molar-refractivity contribution in [1.29, 1.82) is 0 Å². The van der Waals surface area contributed by atoms with Gasteiger partial charge < -0.3 is 5.11 Å². The third-order valence-electron chi connectivity index (χ3n) is 4.75. The highest BCUT2D eigenvalue weighted by Gasteiger charge is 2.39. The van der Waals surface area contributed by atoms with Gasteiger partial charge in [-0.3, -0.25) is 10.1 Å². The fourth-order valence-electron chi connectivity index (χ4n) is 3.55. The average molecular weight is 253 g/mol. The van der Waals surface area contributed by atoms with E-state index in [0.717, 1.165) is 24.7 Å². The molecule has 0 bridgehead atoms. The van der Waals surface area contributed by atoms with E-state index in [1.807, 2.05) is 6.92 Å². The molecular formula is C15H27NO2. The second kappa shape index (κ2) is 5.60. The average Bonchev–Trinajstić information content (AvgIpc) is 3.13. The number of hydrogen-bond donors (Lipinski definition) is 2. The number of carboxylic acids is 1. The molecule has 18 heavy (non-hydrogen) atoms. The van der Waals surface area contributed by atoms with Crippen LogP contribution in [0.5, 0.6) is 0 Å². The Morgan fingerprint density at radius 3 is 2.56 bits per heavy atom. The van der Waals surface area contributed by atoms with Gasteiger partial charge in [0.25, 0.3) is 0 Å². The molecule has 2 aliphatic rings. The van der Waals surface area contributed by atoms with Crippen LogP contribution in [0.1, 0.15) is 65.2 Å². The Morgan fingerprint density at radius 1 is 1.28 bits per heavy atom. The minimum atomic E-state index is -0.731. The molecule has 0 aromatic heterocycles. The number of carboxylic acid groups (broad SMARTS) is 1. The van der Waals surface area contributed by atoms with Crippen molar-refractivity contribution in [3.8, 4) is 0 Å². The normalized spacial score (nSPS) is 31.9. The molecule has 2 rings (SSSR count). The van der Waals surface area contributed by atoms with Gasteiger partial charge in [-0.25, -0.2) is 0 Å². The second-order valence-corrected chi connectivity index (χ2v) is 6.49. The molecule has 0 spiro atoms. The van der Waals surface area contributed by atoms with E-state index in [9.17, 15) is 9.90 Å². The lowest BCUT2D eigenvalue weighted by atomic mass is 9.81. The van der Waals surface area contributed by atoms with Crippen molar-refractivity contribution in [2.75, 3.05) is 0 Å². The van der Waals surface area contributed by atoms with Gasteiger partial charge in [0, 0.05) is 6.04 Å². The molecule has 2 aliphatic carbocycles. The van der Waals surface area contributed by atoms with Crippen LogP contribution in [-0.4, -0.2) is 22.7 Å². The molecule has 3 atom stereocenters. The number of carbonyl (C=O) groups is 1. The van der Waals surface area contributed by atoms with Gasteiger partial charge in [0.05, 0.1) is 0 Å². The lowest BCUT2D eigenvalue weighted by Crippen LogP contribution is -2.54. The fraction of sp³-hybridized carbons (Fsp3) is 0.933. The van der Waals surface area contributed by atoms with Crippen molar-refractivity contribution < 1.29 is 9.90 Å². The van der Waals surface area contributed by atoms with E-state index in [-0.39, 0.29) is 0 Å². The maximum Gasteiger partial charge on any atom is 0.323 e. The van der Waals surface area contributed by atoms with Gasteiger partial charge in [-0.05, 0) is 50.9 Å². The second-order valence-electron chi connectivity index (χ2n) is 6.49. The van der Waals surface area contributed by atoms with Gasteiger partial charge in [0.2, 0.25) is 0 Å². The van der Waals surface area contributed by atoms with Gasteiger partial charge >= 0.3 is 5.97 Å². The summed E-state index contributed by atoms with van der Waals surface area (Å²) in [5.74, 6) is 1.12. The van der Waals surface area contributed by atoms with Crippen molar-refractivity contribution in [3.63, 3.8) is 0 Å². The minimum Gasteiger partial charge on any atom is -0.480 e. The molecule has 2 N–H and O–H groups in total. The summed E-state index contributed by atoms with van der Waals surface area (Å²) in [5.41, 5.74) is -0.731. The first-order chi connectivity index (χ1) is 8.55. The Bertz CT molecular complexity index is 301. The lowest BCUT2D eigenvalue weighted by molar-refractivity contribution is -0.145. The van der Waals surface area contributed by atoms with Gasteiger partial charge in [-0.2, -0.15) is 0 Å². The predicted molar refractivity (Wildman–Crippen MR) is 72.6 cm³/mol. The van der Waals surface area contributed by atoms with E-state index in [1.54, 1.807) is 0 Å². The van der Waals surface area contributed by atoms with Crippen LogP contribution < -0.4 is 5.32 Å². The van der Waals surface area contributed by atoms with Gasteiger partial charge in [-0.15, -0.1) is 0 Å². The monoisotopic (exact) mass is 253 g/mol. The molecule has 0 aliphatic heterocycles. The topological polar surface area (TPSA) is 49.3 Å². The van der Waals surface area contributed by atoms with E-state index in [4.69, 9.17) is 0 Å². The zero-order valence-corrected chi connectivity index (χ0v) is 11.7. The Morgan fingerprint density at radius 2 is 2.00 bits per heavy atom. The zero-order chi connectivity index (χ0) is 13.2. The number of nitrogens with one attached hydrogen (secondary N) is 1. The molecule has 3 unspecified atom stereocenters. The van der Waals surface area contributed by atoms with E-state index in [2.05, 4.69) is 12.2 Å². The van der Waals surface area contributed by atoms with E-state index in [1.165, 1.54) is 32.1 Å². The predicted octanol–water partition coefficient (Wildman–Crippen LogP) is 3.19. The Kier molecular flexibility index (Phi) is 4.31. The Labute approximate surface area is 110 Å². The first kappa shape index (κ1) is 13.9. The third kappa shape index (κ3) is 3.25. The van der Waals surface area contributed by atoms with Crippen LogP contribution in [0.3, 0.4) is 0 Å². The molecule has 0 saturated heterocycles. The molecule has 3 nitrogen and oxygen atoms in total. The van der Waals surface area contributed by atoms with Crippen LogP contribution in [0.2, 0.25) is 0 Å². The van der Waals surface area contributed by atoms with Crippen LogP contribution in [0, 0.1) is 11.8 Å². The van der Waals surface area contributed by atoms with Crippen LogP contribution >= 0.6 is 0 Å². The van der Waals surface area contributed by atoms with Crippen LogP contribution in [0.25, 0.3) is 0 Å². The molecule has 3 heteroatoms. The van der Waals surface area contributed by atoms with E-state index in [0.29, 0.717) is 12.5 Å². The smallest absolute Gasteiger partial charge is 0.323 e. The standard InChI is InChI=1S/C15H27NO2/c1-3-9-15(2,14(17)18)16-13-6-4-5-12(10-13)11-7-8-11/h11-13,16H,3-10H2,1-2H3,(H,17,18). The quantitative estimate of drug-likeness (QED) is 0.764. The maximum absolute atomic E-state index is 11.5. The van der Waals surface area contributed by atoms with Crippen LogP contribution in [-0.2, 0) is 4.79 Å². The summed E-state index contributed by atoms with van der Waals surface area (Å²) < 4.78 is 0. The zero-order valence-electron chi connectivity index (χ0n) is 11.7. The first-order valence-electron chi connectivity index (χ1n) is 7.56. The van der Waals surface area contributed by atoms with Gasteiger partial charge in [0.1, 0.15) is 5.54 Å². The Hall–Kier alpha value is -0.570. The lowest BCUT2D eigenvalue weighted by Gasteiger charge is -2.36.